The predicted octanol–water partition coefficient (Wildman–Crippen LogP) is 2.94. The van der Waals surface area contributed by atoms with Gasteiger partial charge in [-0.05, 0) is 36.4 Å². The lowest BCUT2D eigenvalue weighted by Gasteiger charge is -2.38. The molecule has 37 heavy (non-hydrogen) atoms. The number of aromatic amines is 1. The number of nitrogens with one attached hydrogen (secondary N) is 1. The number of methoxy groups -OCH3 is 1. The number of aliphatic carboxylic acids is 1. The highest BCUT2D eigenvalue weighted by molar-refractivity contribution is 5.84. The Hall–Kier alpha value is -4.29. The van der Waals surface area contributed by atoms with E-state index in [0.29, 0.717) is 26.2 Å². The molecule has 5 rings (SSSR count). The number of anilines is 2. The molecule has 0 amide bonds. The highest BCUT2D eigenvalue weighted by atomic mass is 19.4. The van der Waals surface area contributed by atoms with Gasteiger partial charge in [-0.3, -0.25) is 14.0 Å². The van der Waals surface area contributed by atoms with Gasteiger partial charge >= 0.3 is 12.1 Å². The fraction of sp³-hybridized carbons (Fsp3) is 0.333. The van der Waals surface area contributed by atoms with Crippen LogP contribution in [0.5, 0.6) is 5.75 Å². The van der Waals surface area contributed by atoms with Crippen LogP contribution in [0, 0.1) is 0 Å². The van der Waals surface area contributed by atoms with Crippen molar-refractivity contribution in [2.45, 2.75) is 19.0 Å². The molecule has 2 aromatic carbocycles. The number of piperazine rings is 1. The molecule has 0 unspecified atom stereocenters. The number of alkyl halides is 3. The fourth-order valence-corrected chi connectivity index (χ4v) is 4.63. The summed E-state index contributed by atoms with van der Waals surface area (Å²) in [4.78, 5) is 29.8. The van der Waals surface area contributed by atoms with Gasteiger partial charge in [-0.15, -0.1) is 10.2 Å². The van der Waals surface area contributed by atoms with Crippen molar-refractivity contribution in [1.82, 2.24) is 19.6 Å². The molecule has 4 aromatic rings. The maximum Gasteiger partial charge on any atom is 0.418 e. The third-order valence-corrected chi connectivity index (χ3v) is 6.46. The van der Waals surface area contributed by atoms with E-state index in [1.165, 1.54) is 10.5 Å². The number of ether oxygens (including phenoxy) is 1. The van der Waals surface area contributed by atoms with Gasteiger partial charge in [-0.1, -0.05) is 0 Å². The average molecular weight is 516 g/mol. The maximum absolute atomic E-state index is 14.1. The first-order valence-corrected chi connectivity index (χ1v) is 11.5. The second kappa shape index (κ2) is 9.30. The maximum atomic E-state index is 14.1. The number of aromatic nitrogens is 4. The molecule has 0 bridgehead atoms. The van der Waals surface area contributed by atoms with E-state index < -0.39 is 23.3 Å². The summed E-state index contributed by atoms with van der Waals surface area (Å²) in [5, 5.41) is 16.8. The lowest BCUT2D eigenvalue weighted by atomic mass is 10.1. The van der Waals surface area contributed by atoms with Gasteiger partial charge in [-0.25, -0.2) is 0 Å². The van der Waals surface area contributed by atoms with Crippen LogP contribution in [-0.4, -0.2) is 63.9 Å². The second-order valence-corrected chi connectivity index (χ2v) is 8.68. The number of halogens is 3. The van der Waals surface area contributed by atoms with Crippen LogP contribution in [0.25, 0.3) is 16.7 Å². The van der Waals surface area contributed by atoms with Gasteiger partial charge in [0.2, 0.25) is 5.65 Å². The number of benzene rings is 2. The number of H-pyrrole nitrogens is 1. The van der Waals surface area contributed by atoms with Gasteiger partial charge in [-0.2, -0.15) is 13.2 Å². The van der Waals surface area contributed by atoms with Crippen molar-refractivity contribution in [2.75, 3.05) is 43.1 Å². The number of carbonyl (C=O) groups is 1. The number of carboxylic acid groups (broad SMARTS) is 1. The molecule has 194 valence electrons. The molecule has 2 N–H and O–H groups in total. The third kappa shape index (κ3) is 4.63. The zero-order chi connectivity index (χ0) is 26.3. The number of hydrogen-bond acceptors (Lipinski definition) is 7. The average Bonchev–Trinajstić information content (AvgIpc) is 3.32. The Morgan fingerprint density at radius 3 is 2.38 bits per heavy atom. The van der Waals surface area contributed by atoms with Crippen LogP contribution in [0.1, 0.15) is 17.8 Å². The molecular weight excluding hydrogens is 493 g/mol. The first kappa shape index (κ1) is 24.4. The summed E-state index contributed by atoms with van der Waals surface area (Å²) in [6.07, 6.45) is -4.97. The molecule has 1 fully saturated rings. The monoisotopic (exact) mass is 516 g/mol. The minimum Gasteiger partial charge on any atom is -0.497 e. The number of fused-ring (bicyclic) bond motifs is 3. The van der Waals surface area contributed by atoms with Crippen molar-refractivity contribution in [3.05, 3.63) is 58.1 Å². The summed E-state index contributed by atoms with van der Waals surface area (Å²) in [5.41, 5.74) is -0.545. The van der Waals surface area contributed by atoms with Crippen LogP contribution < -0.4 is 20.1 Å². The molecule has 10 nitrogen and oxygen atoms in total. The minimum atomic E-state index is -4.66. The van der Waals surface area contributed by atoms with Crippen molar-refractivity contribution in [1.29, 1.82) is 0 Å². The molecule has 3 heterocycles. The molecule has 0 atom stereocenters. The number of carboxylic acids is 1. The molecule has 13 heteroatoms. The van der Waals surface area contributed by atoms with Crippen LogP contribution in [-0.2, 0) is 17.4 Å². The van der Waals surface area contributed by atoms with Crippen molar-refractivity contribution < 1.29 is 27.8 Å². The van der Waals surface area contributed by atoms with Gasteiger partial charge in [0, 0.05) is 38.3 Å². The standard InChI is InChI=1S/C24H23F3N6O4/c1-37-15-4-2-14(3-5-15)31-8-10-32(11-9-31)18-13-19-17(12-16(18)24(25,26)27)28-23(36)22-30-29-20(33(19)22)6-7-21(34)35/h2-5,12-13H,6-11H2,1H3,(H,28,36)(H,34,35). The Bertz CT molecular complexity index is 1520. The zero-order valence-electron chi connectivity index (χ0n) is 19.7. The highest BCUT2D eigenvalue weighted by Crippen LogP contribution is 2.39. The largest absolute Gasteiger partial charge is 0.497 e. The van der Waals surface area contributed by atoms with Crippen molar-refractivity contribution in [3.63, 3.8) is 0 Å². The molecule has 0 radical (unpaired) electrons. The zero-order valence-corrected chi connectivity index (χ0v) is 19.7. The van der Waals surface area contributed by atoms with Crippen molar-refractivity contribution in [2.24, 2.45) is 0 Å². The third-order valence-electron chi connectivity index (χ3n) is 6.46. The lowest BCUT2D eigenvalue weighted by molar-refractivity contribution is -0.137. The first-order chi connectivity index (χ1) is 17.7. The van der Waals surface area contributed by atoms with Gasteiger partial charge in [0.1, 0.15) is 11.6 Å². The minimum absolute atomic E-state index is 0.0272. The highest BCUT2D eigenvalue weighted by Gasteiger charge is 2.36. The number of rotatable bonds is 6. The van der Waals surface area contributed by atoms with Crippen LogP contribution in [0.2, 0.25) is 0 Å². The van der Waals surface area contributed by atoms with E-state index in [4.69, 9.17) is 9.84 Å². The lowest BCUT2D eigenvalue weighted by Crippen LogP contribution is -2.47. The topological polar surface area (TPSA) is 116 Å². The van der Waals surface area contributed by atoms with E-state index in [0.717, 1.165) is 17.5 Å². The Morgan fingerprint density at radius 2 is 1.76 bits per heavy atom. The SMILES string of the molecule is COc1ccc(N2CCN(c3cc4c(cc3C(F)(F)F)[nH]c(=O)c3nnc(CCC(=O)O)n34)CC2)cc1. The summed E-state index contributed by atoms with van der Waals surface area (Å²) in [5.74, 6) is -0.168. The van der Waals surface area contributed by atoms with Gasteiger partial charge < -0.3 is 24.6 Å². The summed E-state index contributed by atoms with van der Waals surface area (Å²) >= 11 is 0. The van der Waals surface area contributed by atoms with E-state index in [2.05, 4.69) is 20.1 Å². The number of hydrogen-bond donors (Lipinski definition) is 2. The summed E-state index contributed by atoms with van der Waals surface area (Å²) < 4.78 is 49.0. The Kier molecular flexibility index (Phi) is 6.13. The molecule has 0 saturated carbocycles. The molecule has 1 saturated heterocycles. The Labute approximate surface area is 207 Å². The molecule has 2 aromatic heterocycles. The normalized spacial score (nSPS) is 14.5. The second-order valence-electron chi connectivity index (χ2n) is 8.68. The molecular formula is C24H23F3N6O4. The number of nitrogens with zero attached hydrogens (tertiary/aromatic N) is 5. The molecule has 0 aliphatic carbocycles. The fourth-order valence-electron chi connectivity index (χ4n) is 4.63. The summed E-state index contributed by atoms with van der Waals surface area (Å²) in [6.45, 7) is 1.67. The number of aryl methyl sites for hydroxylation is 1. The van der Waals surface area contributed by atoms with E-state index >= 15 is 0 Å². The van der Waals surface area contributed by atoms with Crippen molar-refractivity contribution >= 4 is 34.0 Å². The quantitative estimate of drug-likeness (QED) is 0.402. The van der Waals surface area contributed by atoms with Gasteiger partial charge in [0.25, 0.3) is 5.56 Å². The van der Waals surface area contributed by atoms with E-state index in [9.17, 15) is 22.8 Å². The van der Waals surface area contributed by atoms with Crippen LogP contribution in [0.4, 0.5) is 24.5 Å². The summed E-state index contributed by atoms with van der Waals surface area (Å²) in [7, 11) is 1.58. The first-order valence-electron chi connectivity index (χ1n) is 11.5. The van der Waals surface area contributed by atoms with Gasteiger partial charge in [0.15, 0.2) is 0 Å². The van der Waals surface area contributed by atoms with E-state index in [-0.39, 0.29) is 41.0 Å². The van der Waals surface area contributed by atoms with Crippen molar-refractivity contribution in [3.8, 4) is 5.75 Å². The molecule has 1 aliphatic rings. The smallest absolute Gasteiger partial charge is 0.418 e. The Morgan fingerprint density at radius 1 is 1.08 bits per heavy atom. The van der Waals surface area contributed by atoms with E-state index in [1.807, 2.05) is 24.3 Å². The van der Waals surface area contributed by atoms with Gasteiger partial charge in [0.05, 0.1) is 35.8 Å². The van der Waals surface area contributed by atoms with Crippen LogP contribution in [0.3, 0.4) is 0 Å². The van der Waals surface area contributed by atoms with Crippen LogP contribution in [0.15, 0.2) is 41.2 Å². The molecule has 0 spiro atoms. The summed E-state index contributed by atoms with van der Waals surface area (Å²) in [6, 6.07) is 9.77. The molecule has 1 aliphatic heterocycles. The predicted molar refractivity (Wildman–Crippen MR) is 129 cm³/mol. The Balaban J connectivity index is 1.55. The van der Waals surface area contributed by atoms with E-state index in [1.54, 1.807) is 12.0 Å². The van der Waals surface area contributed by atoms with Crippen LogP contribution >= 0.6 is 0 Å².